The molecule has 12 aromatic rings. The Hall–Kier alpha value is -9.20. The Bertz CT molecular complexity index is 3970. The van der Waals surface area contributed by atoms with E-state index < -0.39 is 7.12 Å². The smallest absolute Gasteiger partial charge is 0.494 e. The number of phenols is 2. The molecule has 1 aliphatic rings. The summed E-state index contributed by atoms with van der Waals surface area (Å²) in [6, 6.07) is 79.1. The van der Waals surface area contributed by atoms with Gasteiger partial charge in [-0.25, -0.2) is 29.9 Å². The molecule has 1 fully saturated rings. The summed E-state index contributed by atoms with van der Waals surface area (Å²) in [7, 11) is -0.401. The van der Waals surface area contributed by atoms with Gasteiger partial charge in [0.25, 0.3) is 0 Å². The zero-order chi connectivity index (χ0) is 55.2. The number of hydrogen-bond donors (Lipinski definition) is 2. The van der Waals surface area contributed by atoms with Crippen LogP contribution < -0.4 is 5.46 Å². The van der Waals surface area contributed by atoms with E-state index in [1.54, 1.807) is 18.2 Å². The van der Waals surface area contributed by atoms with Crippen molar-refractivity contribution in [3.05, 3.63) is 247 Å². The van der Waals surface area contributed by atoms with Crippen molar-refractivity contribution in [3.8, 4) is 91.0 Å². The molecule has 0 spiro atoms. The van der Waals surface area contributed by atoms with Gasteiger partial charge in [-0.05, 0) is 96.2 Å². The van der Waals surface area contributed by atoms with Gasteiger partial charge in [0.15, 0.2) is 34.9 Å². The predicted octanol–water partition coefficient (Wildman–Crippen LogP) is 15.9. The third kappa shape index (κ3) is 11.8. The zero-order valence-corrected chi connectivity index (χ0v) is 46.0. The molecule has 390 valence electrons. The van der Waals surface area contributed by atoms with E-state index in [2.05, 4.69) is 61.8 Å². The van der Waals surface area contributed by atoms with Crippen LogP contribution >= 0.6 is 15.9 Å². The Morgan fingerprint density at radius 2 is 0.662 bits per heavy atom. The van der Waals surface area contributed by atoms with Crippen LogP contribution in [-0.2, 0) is 9.31 Å². The van der Waals surface area contributed by atoms with E-state index in [4.69, 9.17) is 39.2 Å². The maximum atomic E-state index is 10.0. The van der Waals surface area contributed by atoms with Crippen molar-refractivity contribution in [2.75, 3.05) is 0 Å². The lowest BCUT2D eigenvalue weighted by atomic mass is 9.79. The number of fused-ring (bicyclic) bond motifs is 2. The van der Waals surface area contributed by atoms with Crippen LogP contribution in [0, 0.1) is 0 Å². The first kappa shape index (κ1) is 52.8. The third-order valence-corrected chi connectivity index (χ3v) is 14.9. The molecule has 0 atom stereocenters. The van der Waals surface area contributed by atoms with E-state index in [0.717, 1.165) is 76.0 Å². The molecule has 80 heavy (non-hydrogen) atoms. The molecule has 12 heteroatoms. The molecule has 10 aromatic carbocycles. The molecule has 0 radical (unpaired) electrons. The number of aromatic nitrogens is 6. The molecule has 1 saturated heterocycles. The molecule has 0 saturated carbocycles. The topological polar surface area (TPSA) is 136 Å². The van der Waals surface area contributed by atoms with Crippen LogP contribution in [0.1, 0.15) is 27.7 Å². The van der Waals surface area contributed by atoms with Crippen molar-refractivity contribution < 1.29 is 19.5 Å². The lowest BCUT2D eigenvalue weighted by Crippen LogP contribution is -2.41. The fraction of sp³-hybridized carbons (Fsp3) is 0.0882. The van der Waals surface area contributed by atoms with E-state index in [0.29, 0.717) is 40.7 Å². The third-order valence-electron chi connectivity index (χ3n) is 14.2. The van der Waals surface area contributed by atoms with E-state index in [1.165, 1.54) is 0 Å². The summed E-state index contributed by atoms with van der Waals surface area (Å²) >= 11 is 3.42. The summed E-state index contributed by atoms with van der Waals surface area (Å²) in [6.45, 7) is 8.23. The van der Waals surface area contributed by atoms with Gasteiger partial charge in [0.1, 0.15) is 11.5 Å². The second-order valence-electron chi connectivity index (χ2n) is 20.2. The molecular formula is C68H54BBrN6O4. The van der Waals surface area contributed by atoms with Gasteiger partial charge in [-0.3, -0.25) is 0 Å². The lowest BCUT2D eigenvalue weighted by molar-refractivity contribution is 0.00578. The van der Waals surface area contributed by atoms with Crippen LogP contribution in [0.2, 0.25) is 0 Å². The van der Waals surface area contributed by atoms with Gasteiger partial charge in [-0.1, -0.05) is 228 Å². The summed E-state index contributed by atoms with van der Waals surface area (Å²) in [5.74, 6) is 4.39. The molecule has 2 N–H and O–H groups in total. The van der Waals surface area contributed by atoms with E-state index in [-0.39, 0.29) is 17.0 Å². The van der Waals surface area contributed by atoms with Gasteiger partial charge in [0.2, 0.25) is 0 Å². The summed E-state index contributed by atoms with van der Waals surface area (Å²) in [6.07, 6.45) is 0. The maximum Gasteiger partial charge on any atom is 0.494 e. The largest absolute Gasteiger partial charge is 0.508 e. The highest BCUT2D eigenvalue weighted by Gasteiger charge is 2.51. The van der Waals surface area contributed by atoms with Crippen LogP contribution in [0.5, 0.6) is 11.5 Å². The van der Waals surface area contributed by atoms with Gasteiger partial charge in [-0.2, -0.15) is 0 Å². The monoisotopic (exact) mass is 1110 g/mol. The Balaban J connectivity index is 0.000000140. The fourth-order valence-corrected chi connectivity index (χ4v) is 9.67. The molecule has 10 nitrogen and oxygen atoms in total. The molecule has 0 unspecified atom stereocenters. The van der Waals surface area contributed by atoms with E-state index in [1.807, 2.05) is 206 Å². The first-order valence-electron chi connectivity index (χ1n) is 26.2. The summed E-state index contributed by atoms with van der Waals surface area (Å²) in [5, 5.41) is 23.5. The maximum absolute atomic E-state index is 10.0. The SMILES string of the molecule is CC1(C)OB(c2ccc(-c3nc(-c4ccccc4)nc(-c4ccccc4)n3)cc2)OC1(C)C.Oc1ccc2cccc(-c3ccc(-c4nc(-c5ccccc5)nc(-c5ccccc5)n4)cc3)c2c1.Oc1ccc2cccc(Br)c2c1. The number of halogens is 1. The quantitative estimate of drug-likeness (QED) is 0.142. The number of benzene rings is 10. The van der Waals surface area contributed by atoms with Crippen LogP contribution in [-0.4, -0.2) is 58.4 Å². The predicted molar refractivity (Wildman–Crippen MR) is 326 cm³/mol. The Morgan fingerprint density at radius 3 is 1.06 bits per heavy atom. The summed E-state index contributed by atoms with van der Waals surface area (Å²) in [4.78, 5) is 28.7. The number of nitrogens with zero attached hydrogens (tertiary/aromatic N) is 6. The molecule has 0 bridgehead atoms. The first-order valence-corrected chi connectivity index (χ1v) is 27.0. The van der Waals surface area contributed by atoms with Crippen molar-refractivity contribution >= 4 is 50.1 Å². The van der Waals surface area contributed by atoms with Gasteiger partial charge in [0.05, 0.1) is 11.2 Å². The first-order chi connectivity index (χ1) is 38.8. The number of rotatable bonds is 8. The van der Waals surface area contributed by atoms with Crippen LogP contribution in [0.25, 0.3) is 101 Å². The number of phenolic OH excluding ortho intramolecular Hbond substituents is 2. The molecule has 3 heterocycles. The van der Waals surface area contributed by atoms with Gasteiger partial charge < -0.3 is 19.5 Å². The average Bonchev–Trinajstić information content (AvgIpc) is 3.75. The Labute approximate surface area is 473 Å². The molecule has 0 aliphatic carbocycles. The number of hydrogen-bond acceptors (Lipinski definition) is 10. The van der Waals surface area contributed by atoms with Crippen molar-refractivity contribution in [3.63, 3.8) is 0 Å². The minimum absolute atomic E-state index is 0.258. The molecule has 1 aliphatic heterocycles. The highest BCUT2D eigenvalue weighted by atomic mass is 79.9. The summed E-state index contributed by atoms with van der Waals surface area (Å²) < 4.78 is 13.4. The van der Waals surface area contributed by atoms with Gasteiger partial charge >= 0.3 is 7.12 Å². The normalized spacial score (nSPS) is 13.2. The Kier molecular flexibility index (Phi) is 15.2. The van der Waals surface area contributed by atoms with Crippen molar-refractivity contribution in [2.24, 2.45) is 0 Å². The molecule has 2 aromatic heterocycles. The lowest BCUT2D eigenvalue weighted by Gasteiger charge is -2.32. The van der Waals surface area contributed by atoms with Gasteiger partial charge in [0, 0.05) is 37.9 Å². The van der Waals surface area contributed by atoms with E-state index >= 15 is 0 Å². The minimum Gasteiger partial charge on any atom is -0.508 e. The standard InChI is InChI=1S/C31H21N3O.C27H26BN3O2.C10H7BrO/c35-26-19-18-21-12-7-13-27(28(21)20-26)22-14-16-25(17-15-22)31-33-29(23-8-3-1-4-9-23)32-30(34-31)24-10-5-2-6-11-24;1-26(2)27(3,4)33-28(32-26)22-17-15-21(16-18-22)25-30-23(19-11-7-5-8-12-19)29-24(31-25)20-13-9-6-10-14-20;11-10-3-1-2-7-4-5-8(12)6-9(7)10/h1-20,35H;5-18H,1-4H3;1-6,12H. The molecular weight excluding hydrogens is 1060 g/mol. The number of aromatic hydroxyl groups is 2. The fourth-order valence-electron chi connectivity index (χ4n) is 9.18. The second-order valence-corrected chi connectivity index (χ2v) is 21.1. The Morgan fingerprint density at radius 1 is 0.338 bits per heavy atom. The molecule has 13 rings (SSSR count). The van der Waals surface area contributed by atoms with Gasteiger partial charge in [-0.15, -0.1) is 0 Å². The van der Waals surface area contributed by atoms with Crippen molar-refractivity contribution in [2.45, 2.75) is 38.9 Å². The van der Waals surface area contributed by atoms with Crippen LogP contribution in [0.15, 0.2) is 247 Å². The zero-order valence-electron chi connectivity index (χ0n) is 44.4. The minimum atomic E-state index is -0.401. The summed E-state index contributed by atoms with van der Waals surface area (Å²) in [5.41, 5.74) is 7.96. The molecule has 0 amide bonds. The second kappa shape index (κ2) is 23.0. The highest BCUT2D eigenvalue weighted by molar-refractivity contribution is 9.10. The van der Waals surface area contributed by atoms with E-state index in [9.17, 15) is 10.2 Å². The van der Waals surface area contributed by atoms with Crippen LogP contribution in [0.3, 0.4) is 0 Å². The van der Waals surface area contributed by atoms with Crippen molar-refractivity contribution in [1.29, 1.82) is 0 Å². The average molecular weight is 1110 g/mol. The van der Waals surface area contributed by atoms with Crippen LogP contribution in [0.4, 0.5) is 0 Å². The highest BCUT2D eigenvalue weighted by Crippen LogP contribution is 2.37. The van der Waals surface area contributed by atoms with Crippen molar-refractivity contribution in [1.82, 2.24) is 29.9 Å².